The molecule has 0 aliphatic heterocycles. The molecule has 0 fully saturated rings. The van der Waals surface area contributed by atoms with Gasteiger partial charge in [0.1, 0.15) is 17.0 Å². The molecule has 29 heavy (non-hydrogen) atoms. The van der Waals surface area contributed by atoms with Crippen LogP contribution in [0.3, 0.4) is 0 Å². The highest BCUT2D eigenvalue weighted by Crippen LogP contribution is 2.31. The minimum atomic E-state index is -0.374. The van der Waals surface area contributed by atoms with Crippen LogP contribution in [0.2, 0.25) is 0 Å². The van der Waals surface area contributed by atoms with Gasteiger partial charge in [-0.2, -0.15) is 0 Å². The molecule has 8 heteroatoms. The van der Waals surface area contributed by atoms with Gasteiger partial charge in [-0.25, -0.2) is 19.7 Å². The lowest BCUT2D eigenvalue weighted by atomic mass is 10.1. The number of esters is 1. The molecule has 0 aliphatic rings. The summed E-state index contributed by atoms with van der Waals surface area (Å²) >= 11 is 1.47. The van der Waals surface area contributed by atoms with Crippen molar-refractivity contribution in [3.05, 3.63) is 60.0 Å². The van der Waals surface area contributed by atoms with E-state index in [0.717, 1.165) is 22.8 Å². The van der Waals surface area contributed by atoms with Crippen LogP contribution < -0.4 is 0 Å². The van der Waals surface area contributed by atoms with Gasteiger partial charge in [0.2, 0.25) is 0 Å². The van der Waals surface area contributed by atoms with Crippen molar-refractivity contribution in [1.82, 2.24) is 24.3 Å². The second kappa shape index (κ2) is 8.00. The molecule has 0 atom stereocenters. The molecule has 0 N–H and O–H groups in total. The first-order valence-corrected chi connectivity index (χ1v) is 10.3. The van der Waals surface area contributed by atoms with E-state index in [-0.39, 0.29) is 5.97 Å². The van der Waals surface area contributed by atoms with Crippen molar-refractivity contribution in [3.8, 4) is 22.8 Å². The van der Waals surface area contributed by atoms with Gasteiger partial charge in [0.15, 0.2) is 5.16 Å². The maximum absolute atomic E-state index is 12.2. The number of aryl methyl sites for hydroxylation is 1. The maximum Gasteiger partial charge on any atom is 0.338 e. The summed E-state index contributed by atoms with van der Waals surface area (Å²) in [7, 11) is 0. The molecule has 0 bridgehead atoms. The van der Waals surface area contributed by atoms with E-state index < -0.39 is 0 Å². The zero-order chi connectivity index (χ0) is 20.4. The third kappa shape index (κ3) is 3.71. The quantitative estimate of drug-likeness (QED) is 0.281. The molecule has 0 amide bonds. The summed E-state index contributed by atoms with van der Waals surface area (Å²) < 4.78 is 7.03. The smallest absolute Gasteiger partial charge is 0.338 e. The Labute approximate surface area is 172 Å². The van der Waals surface area contributed by atoms with Gasteiger partial charge in [0, 0.05) is 18.1 Å². The normalized spacial score (nSPS) is 11.0. The second-order valence-electron chi connectivity index (χ2n) is 6.27. The fraction of sp³-hybridized carbons (Fsp3) is 0.190. The predicted octanol–water partition coefficient (Wildman–Crippen LogP) is 4.06. The van der Waals surface area contributed by atoms with Gasteiger partial charge in [0.05, 0.1) is 23.6 Å². The highest BCUT2D eigenvalue weighted by Gasteiger charge is 2.20. The molecular weight excluding hydrogens is 386 g/mol. The van der Waals surface area contributed by atoms with Gasteiger partial charge in [0.25, 0.3) is 0 Å². The predicted molar refractivity (Wildman–Crippen MR) is 112 cm³/mol. The van der Waals surface area contributed by atoms with Gasteiger partial charge < -0.3 is 4.74 Å². The third-order valence-electron chi connectivity index (χ3n) is 4.33. The summed E-state index contributed by atoms with van der Waals surface area (Å²) in [5, 5.41) is 0.670. The number of nitrogens with zero attached hydrogens (tertiary/aromatic N) is 5. The number of thioether (sulfide) groups is 1. The summed E-state index contributed by atoms with van der Waals surface area (Å²) in [5.41, 5.74) is 4.93. The Kier molecular flexibility index (Phi) is 5.26. The first-order chi connectivity index (χ1) is 14.1. The van der Waals surface area contributed by atoms with E-state index in [0.29, 0.717) is 28.7 Å². The van der Waals surface area contributed by atoms with Crippen molar-refractivity contribution in [2.24, 2.45) is 0 Å². The van der Waals surface area contributed by atoms with Gasteiger partial charge in [-0.1, -0.05) is 17.8 Å². The zero-order valence-corrected chi connectivity index (χ0v) is 17.1. The number of hydrogen-bond donors (Lipinski definition) is 0. The van der Waals surface area contributed by atoms with E-state index >= 15 is 0 Å². The Morgan fingerprint density at radius 3 is 2.76 bits per heavy atom. The molecule has 0 aromatic carbocycles. The topological polar surface area (TPSA) is 82.3 Å². The summed E-state index contributed by atoms with van der Waals surface area (Å²) in [4.78, 5) is 30.5. The van der Waals surface area contributed by atoms with Crippen molar-refractivity contribution >= 4 is 23.4 Å². The largest absolute Gasteiger partial charge is 0.462 e. The Hall–Kier alpha value is -3.26. The number of carbonyl (C=O) groups is 1. The molecule has 4 rings (SSSR count). The van der Waals surface area contributed by atoms with Crippen LogP contribution in [-0.2, 0) is 4.74 Å². The molecule has 0 saturated carbocycles. The van der Waals surface area contributed by atoms with Crippen molar-refractivity contribution in [2.45, 2.75) is 19.0 Å². The SMILES string of the molecule is CCOC(=O)c1ccn2c(-c3ccnc(SC)n3)c(-c3cccc(C)n3)nc2c1. The highest BCUT2D eigenvalue weighted by molar-refractivity contribution is 7.98. The van der Waals surface area contributed by atoms with E-state index in [1.165, 1.54) is 11.8 Å². The minimum Gasteiger partial charge on any atom is -0.462 e. The lowest BCUT2D eigenvalue weighted by Gasteiger charge is -2.07. The van der Waals surface area contributed by atoms with Crippen LogP contribution in [0.15, 0.2) is 53.9 Å². The second-order valence-corrected chi connectivity index (χ2v) is 7.04. The lowest BCUT2D eigenvalue weighted by molar-refractivity contribution is 0.0526. The Balaban J connectivity index is 1.97. The molecule has 146 valence electrons. The van der Waals surface area contributed by atoms with Gasteiger partial charge in [-0.05, 0) is 50.4 Å². The number of aromatic nitrogens is 5. The van der Waals surface area contributed by atoms with Crippen molar-refractivity contribution in [1.29, 1.82) is 0 Å². The lowest BCUT2D eigenvalue weighted by Crippen LogP contribution is -2.05. The van der Waals surface area contributed by atoms with Gasteiger partial charge in [-0.15, -0.1) is 0 Å². The molecule has 4 aromatic rings. The van der Waals surface area contributed by atoms with E-state index in [2.05, 4.69) is 15.0 Å². The van der Waals surface area contributed by atoms with Crippen molar-refractivity contribution in [3.63, 3.8) is 0 Å². The fourth-order valence-electron chi connectivity index (χ4n) is 3.06. The molecule has 0 unspecified atom stereocenters. The van der Waals surface area contributed by atoms with Crippen LogP contribution in [0.4, 0.5) is 0 Å². The van der Waals surface area contributed by atoms with Crippen LogP contribution in [0, 0.1) is 6.92 Å². The number of rotatable bonds is 5. The zero-order valence-electron chi connectivity index (χ0n) is 16.3. The first kappa shape index (κ1) is 19.1. The Morgan fingerprint density at radius 1 is 1.14 bits per heavy atom. The molecule has 4 aromatic heterocycles. The van der Waals surface area contributed by atoms with E-state index in [1.807, 2.05) is 48.0 Å². The van der Waals surface area contributed by atoms with Crippen LogP contribution in [0.1, 0.15) is 23.0 Å². The third-order valence-corrected chi connectivity index (χ3v) is 4.89. The number of ether oxygens (including phenoxy) is 1. The van der Waals surface area contributed by atoms with Crippen LogP contribution >= 0.6 is 11.8 Å². The van der Waals surface area contributed by atoms with Crippen molar-refractivity contribution < 1.29 is 9.53 Å². The molecule has 0 radical (unpaired) electrons. The highest BCUT2D eigenvalue weighted by atomic mass is 32.2. The van der Waals surface area contributed by atoms with E-state index in [1.54, 1.807) is 25.3 Å². The number of pyridine rings is 2. The first-order valence-electron chi connectivity index (χ1n) is 9.11. The number of fused-ring (bicyclic) bond motifs is 1. The molecule has 7 nitrogen and oxygen atoms in total. The molecule has 4 heterocycles. The Bertz CT molecular complexity index is 1200. The molecule has 0 aliphatic carbocycles. The standard InChI is InChI=1S/C21H19N5O2S/c1-4-28-20(27)14-9-11-26-17(12-14)25-18(15-7-5-6-13(2)23-15)19(26)16-8-10-22-21(24-16)29-3/h5-12H,4H2,1-3H3. The van der Waals surface area contributed by atoms with Gasteiger partial charge in [-0.3, -0.25) is 9.38 Å². The molecular formula is C21H19N5O2S. The van der Waals surface area contributed by atoms with Crippen LogP contribution in [-0.4, -0.2) is 43.2 Å². The van der Waals surface area contributed by atoms with Crippen LogP contribution in [0.5, 0.6) is 0 Å². The van der Waals surface area contributed by atoms with E-state index in [4.69, 9.17) is 9.72 Å². The van der Waals surface area contributed by atoms with Gasteiger partial charge >= 0.3 is 5.97 Å². The monoisotopic (exact) mass is 405 g/mol. The Morgan fingerprint density at radius 2 is 2.00 bits per heavy atom. The minimum absolute atomic E-state index is 0.320. The summed E-state index contributed by atoms with van der Waals surface area (Å²) in [6, 6.07) is 11.1. The van der Waals surface area contributed by atoms with E-state index in [9.17, 15) is 4.79 Å². The number of imidazole rings is 1. The maximum atomic E-state index is 12.2. The number of hydrogen-bond acceptors (Lipinski definition) is 7. The fourth-order valence-corrected chi connectivity index (χ4v) is 3.41. The van der Waals surface area contributed by atoms with Crippen molar-refractivity contribution in [2.75, 3.05) is 12.9 Å². The molecule has 0 saturated heterocycles. The summed E-state index contributed by atoms with van der Waals surface area (Å²) in [6.45, 7) is 4.04. The number of carbonyl (C=O) groups excluding carboxylic acids is 1. The van der Waals surface area contributed by atoms with Crippen LogP contribution in [0.25, 0.3) is 28.4 Å². The average molecular weight is 405 g/mol. The average Bonchev–Trinajstić information content (AvgIpc) is 3.12. The molecule has 0 spiro atoms. The summed E-state index contributed by atoms with van der Waals surface area (Å²) in [6.07, 6.45) is 5.47. The summed E-state index contributed by atoms with van der Waals surface area (Å²) in [5.74, 6) is -0.374.